The zero-order valence-electron chi connectivity index (χ0n) is 13.6. The summed E-state index contributed by atoms with van der Waals surface area (Å²) in [6.07, 6.45) is 2.23. The monoisotopic (exact) mass is 298 g/mol. The molecule has 122 valence electrons. The summed E-state index contributed by atoms with van der Waals surface area (Å²) in [4.78, 5) is 16.7. The molecule has 6 nitrogen and oxygen atoms in total. The van der Waals surface area contributed by atoms with E-state index in [1.807, 2.05) is 20.8 Å². The van der Waals surface area contributed by atoms with Crippen molar-refractivity contribution in [2.75, 3.05) is 39.3 Å². The van der Waals surface area contributed by atoms with Crippen LogP contribution in [-0.4, -0.2) is 72.8 Å². The van der Waals surface area contributed by atoms with Gasteiger partial charge in [-0.15, -0.1) is 0 Å². The van der Waals surface area contributed by atoms with E-state index in [2.05, 4.69) is 15.1 Å². The minimum Gasteiger partial charge on any atom is -0.444 e. The van der Waals surface area contributed by atoms with Gasteiger partial charge in [0.05, 0.1) is 0 Å². The predicted octanol–water partition coefficient (Wildman–Crippen LogP) is 0.618. The van der Waals surface area contributed by atoms with Gasteiger partial charge in [-0.05, 0) is 40.2 Å². The summed E-state index contributed by atoms with van der Waals surface area (Å²) in [6.45, 7) is 11.2. The fraction of sp³-hybridized carbons (Fsp3) is 0.933. The van der Waals surface area contributed by atoms with Gasteiger partial charge in [-0.25, -0.2) is 4.79 Å². The van der Waals surface area contributed by atoms with Gasteiger partial charge < -0.3 is 15.8 Å². The van der Waals surface area contributed by atoms with E-state index in [4.69, 9.17) is 10.5 Å². The first-order valence-corrected chi connectivity index (χ1v) is 8.04. The van der Waals surface area contributed by atoms with Crippen LogP contribution in [0.1, 0.15) is 33.6 Å². The molecule has 0 radical (unpaired) electrons. The maximum Gasteiger partial charge on any atom is 0.407 e. The molecule has 0 aromatic rings. The molecule has 0 aliphatic carbocycles. The van der Waals surface area contributed by atoms with E-state index >= 15 is 0 Å². The average Bonchev–Trinajstić information content (AvgIpc) is 2.84. The van der Waals surface area contributed by atoms with E-state index in [0.717, 1.165) is 19.6 Å². The van der Waals surface area contributed by atoms with Crippen molar-refractivity contribution in [1.29, 1.82) is 0 Å². The Kier molecular flexibility index (Phi) is 5.46. The summed E-state index contributed by atoms with van der Waals surface area (Å²) in [5.41, 5.74) is 5.45. The van der Waals surface area contributed by atoms with Gasteiger partial charge in [-0.3, -0.25) is 9.80 Å². The van der Waals surface area contributed by atoms with E-state index in [-0.39, 0.29) is 12.1 Å². The van der Waals surface area contributed by atoms with E-state index < -0.39 is 5.60 Å². The Labute approximate surface area is 128 Å². The number of alkyl carbamates (subject to hydrolysis) is 1. The van der Waals surface area contributed by atoms with Crippen molar-refractivity contribution in [1.82, 2.24) is 15.1 Å². The second-order valence-electron chi connectivity index (χ2n) is 7.10. The van der Waals surface area contributed by atoms with Crippen LogP contribution in [0.25, 0.3) is 0 Å². The van der Waals surface area contributed by atoms with Crippen LogP contribution >= 0.6 is 0 Å². The largest absolute Gasteiger partial charge is 0.444 e. The maximum absolute atomic E-state index is 11.7. The zero-order chi connectivity index (χ0) is 15.5. The Balaban J connectivity index is 1.78. The number of hydrogen-bond acceptors (Lipinski definition) is 5. The standard InChI is InChI=1S/C15H30N4O2/c1-15(2,3)21-14(20)17-10-13(9-16)19-8-7-18-6-4-5-12(18)11-19/h12-13H,4-11,16H2,1-3H3,(H,17,20). The Morgan fingerprint density at radius 2 is 2.14 bits per heavy atom. The van der Waals surface area contributed by atoms with E-state index in [1.54, 1.807) is 0 Å². The second-order valence-corrected chi connectivity index (χ2v) is 7.10. The fourth-order valence-electron chi connectivity index (χ4n) is 3.22. The molecule has 0 spiro atoms. The number of piperazine rings is 1. The number of fused-ring (bicyclic) bond motifs is 1. The van der Waals surface area contributed by atoms with Gasteiger partial charge in [0.1, 0.15) is 5.60 Å². The summed E-state index contributed by atoms with van der Waals surface area (Å²) >= 11 is 0. The van der Waals surface area contributed by atoms with Crippen LogP contribution in [0.2, 0.25) is 0 Å². The van der Waals surface area contributed by atoms with Gasteiger partial charge in [0.15, 0.2) is 0 Å². The third kappa shape index (κ3) is 4.83. The molecule has 0 aromatic carbocycles. The van der Waals surface area contributed by atoms with Gasteiger partial charge >= 0.3 is 6.09 Å². The number of hydrogen-bond donors (Lipinski definition) is 2. The van der Waals surface area contributed by atoms with E-state index in [0.29, 0.717) is 19.1 Å². The van der Waals surface area contributed by atoms with Crippen LogP contribution < -0.4 is 11.1 Å². The number of ether oxygens (including phenoxy) is 1. The number of nitrogens with zero attached hydrogens (tertiary/aromatic N) is 2. The summed E-state index contributed by atoms with van der Waals surface area (Å²) < 4.78 is 5.27. The molecule has 0 bridgehead atoms. The van der Waals surface area contributed by atoms with Crippen LogP contribution in [0.3, 0.4) is 0 Å². The normalized spacial score (nSPS) is 25.4. The number of rotatable bonds is 4. The van der Waals surface area contributed by atoms with Crippen molar-refractivity contribution >= 4 is 6.09 Å². The molecule has 0 aromatic heterocycles. The van der Waals surface area contributed by atoms with Crippen LogP contribution in [0, 0.1) is 0 Å². The van der Waals surface area contributed by atoms with Crippen molar-refractivity contribution in [3.8, 4) is 0 Å². The van der Waals surface area contributed by atoms with Crippen molar-refractivity contribution in [2.24, 2.45) is 5.73 Å². The maximum atomic E-state index is 11.7. The van der Waals surface area contributed by atoms with Crippen LogP contribution in [0.5, 0.6) is 0 Å². The quantitative estimate of drug-likeness (QED) is 0.796. The lowest BCUT2D eigenvalue weighted by Gasteiger charge is -2.41. The van der Waals surface area contributed by atoms with Gasteiger partial charge in [0, 0.05) is 44.8 Å². The molecule has 2 rings (SSSR count). The minimum absolute atomic E-state index is 0.195. The van der Waals surface area contributed by atoms with Crippen LogP contribution in [0.15, 0.2) is 0 Å². The van der Waals surface area contributed by atoms with Crippen molar-refractivity contribution < 1.29 is 9.53 Å². The number of carbonyl (C=O) groups excluding carboxylic acids is 1. The van der Waals surface area contributed by atoms with Gasteiger partial charge in [-0.1, -0.05) is 0 Å². The molecule has 21 heavy (non-hydrogen) atoms. The smallest absolute Gasteiger partial charge is 0.407 e. The molecule has 2 aliphatic rings. The highest BCUT2D eigenvalue weighted by molar-refractivity contribution is 5.67. The Morgan fingerprint density at radius 1 is 1.38 bits per heavy atom. The summed E-state index contributed by atoms with van der Waals surface area (Å²) in [6, 6.07) is 0.870. The highest BCUT2D eigenvalue weighted by Crippen LogP contribution is 2.22. The number of carbonyl (C=O) groups is 1. The van der Waals surface area contributed by atoms with Crippen molar-refractivity contribution in [3.63, 3.8) is 0 Å². The van der Waals surface area contributed by atoms with E-state index in [1.165, 1.54) is 19.4 Å². The zero-order valence-corrected chi connectivity index (χ0v) is 13.6. The molecular formula is C15H30N4O2. The number of nitrogens with two attached hydrogens (primary N) is 1. The SMILES string of the molecule is CC(C)(C)OC(=O)NCC(CN)N1CCN2CCCC2C1. The molecule has 2 saturated heterocycles. The first kappa shape index (κ1) is 16.5. The Morgan fingerprint density at radius 3 is 2.81 bits per heavy atom. The number of nitrogens with one attached hydrogen (secondary N) is 1. The van der Waals surface area contributed by atoms with Crippen molar-refractivity contribution in [2.45, 2.75) is 51.3 Å². The first-order valence-electron chi connectivity index (χ1n) is 8.04. The lowest BCUT2D eigenvalue weighted by Crippen LogP contribution is -2.57. The summed E-state index contributed by atoms with van der Waals surface area (Å²) in [7, 11) is 0. The highest BCUT2D eigenvalue weighted by Gasteiger charge is 2.33. The second kappa shape index (κ2) is 6.94. The summed E-state index contributed by atoms with van der Waals surface area (Å²) in [5.74, 6) is 0. The van der Waals surface area contributed by atoms with Crippen LogP contribution in [-0.2, 0) is 4.74 Å². The lowest BCUT2D eigenvalue weighted by molar-refractivity contribution is 0.0464. The van der Waals surface area contributed by atoms with Gasteiger partial charge in [0.2, 0.25) is 0 Å². The predicted molar refractivity (Wildman–Crippen MR) is 83.2 cm³/mol. The molecule has 1 amide bonds. The lowest BCUT2D eigenvalue weighted by atomic mass is 10.1. The Bertz CT molecular complexity index is 356. The molecule has 3 N–H and O–H groups in total. The van der Waals surface area contributed by atoms with Crippen LogP contribution in [0.4, 0.5) is 4.79 Å². The molecule has 2 atom stereocenters. The minimum atomic E-state index is -0.461. The van der Waals surface area contributed by atoms with Crippen molar-refractivity contribution in [3.05, 3.63) is 0 Å². The number of amides is 1. The third-order valence-electron chi connectivity index (χ3n) is 4.29. The third-order valence-corrected chi connectivity index (χ3v) is 4.29. The molecule has 6 heteroatoms. The molecule has 2 unspecified atom stereocenters. The average molecular weight is 298 g/mol. The highest BCUT2D eigenvalue weighted by atomic mass is 16.6. The first-order chi connectivity index (χ1) is 9.89. The molecule has 2 heterocycles. The van der Waals surface area contributed by atoms with Gasteiger partial charge in [-0.2, -0.15) is 0 Å². The van der Waals surface area contributed by atoms with Gasteiger partial charge in [0.25, 0.3) is 0 Å². The summed E-state index contributed by atoms with van der Waals surface area (Å²) in [5, 5.41) is 2.85. The molecule has 0 saturated carbocycles. The Hall–Kier alpha value is -0.850. The molecule has 2 aliphatic heterocycles. The van der Waals surface area contributed by atoms with E-state index in [9.17, 15) is 4.79 Å². The molecule has 2 fully saturated rings. The fourth-order valence-corrected chi connectivity index (χ4v) is 3.22. The molecular weight excluding hydrogens is 268 g/mol. The topological polar surface area (TPSA) is 70.8 Å².